The van der Waals surface area contributed by atoms with Crippen LogP contribution in [0.5, 0.6) is 0 Å². The molecule has 0 saturated carbocycles. The van der Waals surface area contributed by atoms with E-state index in [0.29, 0.717) is 24.3 Å². The molecule has 0 atom stereocenters. The van der Waals surface area contributed by atoms with Crippen LogP contribution in [0.4, 0.5) is 0 Å². The lowest BCUT2D eigenvalue weighted by Gasteiger charge is -2.02. The third kappa shape index (κ3) is 3.16. The van der Waals surface area contributed by atoms with Gasteiger partial charge in [0.25, 0.3) is 5.91 Å². The molecule has 0 bridgehead atoms. The molecule has 132 valence electrons. The fourth-order valence-corrected chi connectivity index (χ4v) is 3.02. The van der Waals surface area contributed by atoms with E-state index < -0.39 is 0 Å². The van der Waals surface area contributed by atoms with Gasteiger partial charge in [-0.3, -0.25) is 4.79 Å². The molecule has 3 N–H and O–H groups in total. The average molecular weight is 349 g/mol. The Morgan fingerprint density at radius 3 is 3.04 bits per heavy atom. The van der Waals surface area contributed by atoms with Crippen LogP contribution in [0.2, 0.25) is 0 Å². The van der Waals surface area contributed by atoms with Crippen molar-refractivity contribution in [3.05, 3.63) is 65.7 Å². The number of carbonyl (C=O) groups is 1. The first-order chi connectivity index (χ1) is 12.7. The summed E-state index contributed by atoms with van der Waals surface area (Å²) in [5.41, 5.74) is 4.07. The molecular weight excluding hydrogens is 330 g/mol. The normalized spacial score (nSPS) is 11.3. The molecule has 0 radical (unpaired) electrons. The highest BCUT2D eigenvalue weighted by molar-refractivity contribution is 5.93. The maximum Gasteiger partial charge on any atom is 0.271 e. The molecule has 0 aliphatic heterocycles. The van der Waals surface area contributed by atoms with Crippen LogP contribution in [-0.4, -0.2) is 43.7 Å². The number of aliphatic hydroxyl groups excluding tert-OH is 1. The van der Waals surface area contributed by atoms with Crippen LogP contribution in [0, 0.1) is 0 Å². The Balaban J connectivity index is 1.42. The van der Waals surface area contributed by atoms with Crippen molar-refractivity contribution in [3.63, 3.8) is 0 Å². The Bertz CT molecular complexity index is 1070. The summed E-state index contributed by atoms with van der Waals surface area (Å²) in [5, 5.41) is 17.4. The van der Waals surface area contributed by atoms with Gasteiger partial charge in [-0.05, 0) is 30.0 Å². The molecular formula is C19H19N5O2. The highest BCUT2D eigenvalue weighted by atomic mass is 16.3. The predicted molar refractivity (Wildman–Crippen MR) is 98.1 cm³/mol. The van der Waals surface area contributed by atoms with E-state index in [2.05, 4.69) is 26.4 Å². The molecule has 0 unspecified atom stereocenters. The van der Waals surface area contributed by atoms with Crippen LogP contribution in [0.1, 0.15) is 21.6 Å². The number of H-pyrrole nitrogens is 1. The molecule has 3 aromatic heterocycles. The highest BCUT2D eigenvalue weighted by Crippen LogP contribution is 2.17. The molecule has 4 aromatic rings. The molecule has 1 aromatic carbocycles. The Morgan fingerprint density at radius 2 is 2.15 bits per heavy atom. The molecule has 0 spiro atoms. The summed E-state index contributed by atoms with van der Waals surface area (Å²) in [6.45, 7) is 0.577. The van der Waals surface area contributed by atoms with E-state index in [1.807, 2.05) is 24.4 Å². The molecule has 4 rings (SSSR count). The van der Waals surface area contributed by atoms with Crippen molar-refractivity contribution in [2.75, 3.05) is 13.2 Å². The van der Waals surface area contributed by atoms with E-state index in [1.54, 1.807) is 23.0 Å². The summed E-state index contributed by atoms with van der Waals surface area (Å²) in [7, 11) is 0. The number of amides is 1. The SMILES string of the molecule is O=C(NCCc1c[nH]c2ccccc12)c1cc2ncc(CCO)cn2n1. The highest BCUT2D eigenvalue weighted by Gasteiger charge is 2.12. The van der Waals surface area contributed by atoms with Crippen molar-refractivity contribution in [2.24, 2.45) is 0 Å². The summed E-state index contributed by atoms with van der Waals surface area (Å²) in [6.07, 6.45) is 6.69. The van der Waals surface area contributed by atoms with Gasteiger partial charge in [-0.25, -0.2) is 9.50 Å². The maximum atomic E-state index is 12.4. The van der Waals surface area contributed by atoms with Gasteiger partial charge in [0.05, 0.1) is 0 Å². The third-order valence-electron chi connectivity index (χ3n) is 4.35. The number of hydrogen-bond donors (Lipinski definition) is 3. The Labute approximate surface area is 149 Å². The van der Waals surface area contributed by atoms with Crippen molar-refractivity contribution < 1.29 is 9.90 Å². The fourth-order valence-electron chi connectivity index (χ4n) is 3.02. The minimum Gasteiger partial charge on any atom is -0.396 e. The van der Waals surface area contributed by atoms with E-state index in [4.69, 9.17) is 5.11 Å². The van der Waals surface area contributed by atoms with Gasteiger partial charge in [0, 0.05) is 48.7 Å². The number of carbonyl (C=O) groups excluding carboxylic acids is 1. The van der Waals surface area contributed by atoms with Crippen LogP contribution >= 0.6 is 0 Å². The zero-order valence-corrected chi connectivity index (χ0v) is 14.1. The predicted octanol–water partition coefficient (Wildman–Crippen LogP) is 1.72. The zero-order chi connectivity index (χ0) is 17.9. The van der Waals surface area contributed by atoms with Gasteiger partial charge >= 0.3 is 0 Å². The molecule has 0 saturated heterocycles. The first-order valence-corrected chi connectivity index (χ1v) is 8.53. The van der Waals surface area contributed by atoms with Gasteiger partial charge in [-0.1, -0.05) is 18.2 Å². The van der Waals surface area contributed by atoms with Gasteiger partial charge in [0.2, 0.25) is 0 Å². The van der Waals surface area contributed by atoms with E-state index in [9.17, 15) is 4.79 Å². The van der Waals surface area contributed by atoms with Gasteiger partial charge < -0.3 is 15.4 Å². The number of aromatic nitrogens is 4. The van der Waals surface area contributed by atoms with E-state index in [-0.39, 0.29) is 12.5 Å². The quantitative estimate of drug-likeness (QED) is 0.494. The smallest absolute Gasteiger partial charge is 0.271 e. The first kappa shape index (κ1) is 16.3. The second kappa shape index (κ2) is 6.97. The van der Waals surface area contributed by atoms with Crippen LogP contribution in [0.25, 0.3) is 16.6 Å². The number of aliphatic hydroxyl groups is 1. The van der Waals surface area contributed by atoms with Crippen molar-refractivity contribution >= 4 is 22.5 Å². The van der Waals surface area contributed by atoms with Crippen molar-refractivity contribution in [3.8, 4) is 0 Å². The Hall–Kier alpha value is -3.19. The zero-order valence-electron chi connectivity index (χ0n) is 14.1. The first-order valence-electron chi connectivity index (χ1n) is 8.53. The molecule has 1 amide bonds. The molecule has 7 nitrogen and oxygen atoms in total. The maximum absolute atomic E-state index is 12.4. The number of nitrogens with zero attached hydrogens (tertiary/aromatic N) is 3. The van der Waals surface area contributed by atoms with Crippen molar-refractivity contribution in [2.45, 2.75) is 12.8 Å². The van der Waals surface area contributed by atoms with Crippen LogP contribution in [0.15, 0.2) is 48.9 Å². The Kier molecular flexibility index (Phi) is 4.37. The topological polar surface area (TPSA) is 95.3 Å². The molecule has 3 heterocycles. The standard InChI is InChI=1S/C19H19N5O2/c25-8-6-13-10-22-18-9-17(23-24(18)12-13)19(26)20-7-5-14-11-21-16-4-2-1-3-15(14)16/h1-4,9-12,21,25H,5-8H2,(H,20,26). The minimum absolute atomic E-state index is 0.0512. The lowest BCUT2D eigenvalue weighted by Crippen LogP contribution is -2.26. The molecule has 26 heavy (non-hydrogen) atoms. The number of rotatable bonds is 6. The third-order valence-corrected chi connectivity index (χ3v) is 4.35. The number of para-hydroxylation sites is 1. The van der Waals surface area contributed by atoms with Crippen LogP contribution in [0.3, 0.4) is 0 Å². The minimum atomic E-state index is -0.223. The number of benzene rings is 1. The van der Waals surface area contributed by atoms with E-state index in [1.165, 1.54) is 10.9 Å². The largest absolute Gasteiger partial charge is 0.396 e. The van der Waals surface area contributed by atoms with E-state index in [0.717, 1.165) is 17.5 Å². The second-order valence-corrected chi connectivity index (χ2v) is 6.13. The molecule has 0 aliphatic carbocycles. The second-order valence-electron chi connectivity index (χ2n) is 6.13. The number of hydrogen-bond acceptors (Lipinski definition) is 4. The van der Waals surface area contributed by atoms with Crippen molar-refractivity contribution in [1.82, 2.24) is 24.9 Å². The van der Waals surface area contributed by atoms with Gasteiger partial charge in [-0.15, -0.1) is 0 Å². The molecule has 0 fully saturated rings. The number of fused-ring (bicyclic) bond motifs is 2. The van der Waals surface area contributed by atoms with Gasteiger partial charge in [0.1, 0.15) is 0 Å². The fraction of sp³-hybridized carbons (Fsp3) is 0.211. The molecule has 0 aliphatic rings. The summed E-state index contributed by atoms with van der Waals surface area (Å²) < 4.78 is 1.57. The van der Waals surface area contributed by atoms with Crippen LogP contribution in [-0.2, 0) is 12.8 Å². The Morgan fingerprint density at radius 1 is 1.27 bits per heavy atom. The summed E-state index contributed by atoms with van der Waals surface area (Å²) >= 11 is 0. The van der Waals surface area contributed by atoms with E-state index >= 15 is 0 Å². The lowest BCUT2D eigenvalue weighted by atomic mass is 10.1. The number of nitrogens with one attached hydrogen (secondary N) is 2. The van der Waals surface area contributed by atoms with Crippen molar-refractivity contribution in [1.29, 1.82) is 0 Å². The molecule has 7 heteroatoms. The lowest BCUT2D eigenvalue weighted by molar-refractivity contribution is 0.0949. The summed E-state index contributed by atoms with van der Waals surface area (Å²) in [4.78, 5) is 19.9. The van der Waals surface area contributed by atoms with Gasteiger partial charge in [-0.2, -0.15) is 5.10 Å². The average Bonchev–Trinajstić information content (AvgIpc) is 3.26. The summed E-state index contributed by atoms with van der Waals surface area (Å²) in [6, 6.07) is 9.76. The van der Waals surface area contributed by atoms with Crippen LogP contribution < -0.4 is 5.32 Å². The van der Waals surface area contributed by atoms with Gasteiger partial charge in [0.15, 0.2) is 11.3 Å². The summed E-state index contributed by atoms with van der Waals surface area (Å²) in [5.74, 6) is -0.223. The number of aromatic amines is 1. The monoisotopic (exact) mass is 349 g/mol.